The monoisotopic (exact) mass is 246 g/mol. The average Bonchev–Trinajstić information content (AvgIpc) is 2.82. The second-order valence-electron chi connectivity index (χ2n) is 4.93. The molecule has 2 aromatic rings. The number of piperidine rings is 1. The van der Waals surface area contributed by atoms with E-state index in [1.54, 1.807) is 7.11 Å². The minimum absolute atomic E-state index is 0.503. The molecule has 0 radical (unpaired) electrons. The molecule has 0 unspecified atom stereocenters. The lowest BCUT2D eigenvalue weighted by Gasteiger charge is -2.27. The first-order chi connectivity index (χ1) is 8.78. The van der Waals surface area contributed by atoms with E-state index in [1.165, 1.54) is 0 Å². The van der Waals surface area contributed by atoms with Gasteiger partial charge in [0.05, 0.1) is 13.3 Å². The lowest BCUT2D eigenvalue weighted by molar-refractivity contribution is 0.250. The zero-order valence-corrected chi connectivity index (χ0v) is 10.8. The van der Waals surface area contributed by atoms with Crippen LogP contribution in [0.15, 0.2) is 18.3 Å². The van der Waals surface area contributed by atoms with Crippen LogP contribution in [-0.4, -0.2) is 46.7 Å². The molecule has 0 aromatic carbocycles. The fraction of sp³-hybridized carbons (Fsp3) is 0.538. The Bertz CT molecular complexity index is 543. The van der Waals surface area contributed by atoms with Gasteiger partial charge in [0.1, 0.15) is 11.6 Å². The Morgan fingerprint density at radius 2 is 2.00 bits per heavy atom. The molecule has 3 rings (SSSR count). The topological polar surface area (TPSA) is 42.7 Å². The quantitative estimate of drug-likeness (QED) is 0.806. The van der Waals surface area contributed by atoms with Gasteiger partial charge in [-0.2, -0.15) is 0 Å². The van der Waals surface area contributed by atoms with Crippen molar-refractivity contribution in [3.8, 4) is 5.75 Å². The summed E-state index contributed by atoms with van der Waals surface area (Å²) < 4.78 is 7.33. The zero-order chi connectivity index (χ0) is 12.5. The van der Waals surface area contributed by atoms with Crippen molar-refractivity contribution in [2.75, 3.05) is 27.2 Å². The lowest BCUT2D eigenvalue weighted by atomic mass is 9.96. The van der Waals surface area contributed by atoms with Crippen molar-refractivity contribution in [3.05, 3.63) is 24.2 Å². The first-order valence-electron chi connectivity index (χ1n) is 6.35. The van der Waals surface area contributed by atoms with Crippen LogP contribution < -0.4 is 4.74 Å². The summed E-state index contributed by atoms with van der Waals surface area (Å²) in [6, 6.07) is 3.87. The van der Waals surface area contributed by atoms with E-state index < -0.39 is 0 Å². The van der Waals surface area contributed by atoms with Crippen LogP contribution in [0.3, 0.4) is 0 Å². The highest BCUT2D eigenvalue weighted by atomic mass is 16.5. The highest BCUT2D eigenvalue weighted by molar-refractivity contribution is 5.41. The Labute approximate surface area is 106 Å². The SMILES string of the molecule is COc1ccc2nnc(C3CCN(C)CC3)n2c1. The molecule has 1 saturated heterocycles. The molecule has 5 heteroatoms. The van der Waals surface area contributed by atoms with E-state index in [2.05, 4.69) is 26.5 Å². The van der Waals surface area contributed by atoms with Gasteiger partial charge in [-0.25, -0.2) is 0 Å². The van der Waals surface area contributed by atoms with Crippen LogP contribution in [0.25, 0.3) is 5.65 Å². The third-order valence-electron chi connectivity index (χ3n) is 3.72. The van der Waals surface area contributed by atoms with E-state index in [0.29, 0.717) is 5.92 Å². The molecule has 0 saturated carbocycles. The predicted molar refractivity (Wildman–Crippen MR) is 69.0 cm³/mol. The van der Waals surface area contributed by atoms with Crippen LogP contribution in [0, 0.1) is 0 Å². The second kappa shape index (κ2) is 4.57. The second-order valence-corrected chi connectivity index (χ2v) is 4.93. The number of likely N-dealkylation sites (tertiary alicyclic amines) is 1. The van der Waals surface area contributed by atoms with Gasteiger partial charge < -0.3 is 9.64 Å². The maximum atomic E-state index is 5.27. The minimum atomic E-state index is 0.503. The molecule has 0 bridgehead atoms. The molecular formula is C13H18N4O. The third kappa shape index (κ3) is 1.95. The number of nitrogens with zero attached hydrogens (tertiary/aromatic N) is 4. The molecule has 1 aliphatic rings. The molecule has 2 aromatic heterocycles. The summed E-state index contributed by atoms with van der Waals surface area (Å²) in [5.74, 6) is 2.41. The third-order valence-corrected chi connectivity index (χ3v) is 3.72. The first kappa shape index (κ1) is 11.5. The van der Waals surface area contributed by atoms with E-state index in [4.69, 9.17) is 4.74 Å². The molecule has 0 aliphatic carbocycles. The van der Waals surface area contributed by atoms with Crippen LogP contribution in [0.1, 0.15) is 24.6 Å². The lowest BCUT2D eigenvalue weighted by Crippen LogP contribution is -2.29. The molecule has 96 valence electrons. The predicted octanol–water partition coefficient (Wildman–Crippen LogP) is 1.55. The van der Waals surface area contributed by atoms with Crippen molar-refractivity contribution in [3.63, 3.8) is 0 Å². The normalized spacial score (nSPS) is 18.3. The summed E-state index contributed by atoms with van der Waals surface area (Å²) in [6.45, 7) is 2.26. The fourth-order valence-corrected chi connectivity index (χ4v) is 2.55. The van der Waals surface area contributed by atoms with Gasteiger partial charge in [0.15, 0.2) is 5.65 Å². The van der Waals surface area contributed by atoms with Gasteiger partial charge in [-0.15, -0.1) is 10.2 Å². The van der Waals surface area contributed by atoms with Crippen molar-refractivity contribution in [1.82, 2.24) is 19.5 Å². The molecule has 0 N–H and O–H groups in total. The molecule has 0 spiro atoms. The van der Waals surface area contributed by atoms with Gasteiger partial charge in [-0.3, -0.25) is 4.40 Å². The fourth-order valence-electron chi connectivity index (χ4n) is 2.55. The van der Waals surface area contributed by atoms with Crippen molar-refractivity contribution >= 4 is 5.65 Å². The molecule has 0 amide bonds. The molecule has 1 fully saturated rings. The molecule has 18 heavy (non-hydrogen) atoms. The number of hydrogen-bond donors (Lipinski definition) is 0. The van der Waals surface area contributed by atoms with E-state index in [9.17, 15) is 0 Å². The van der Waals surface area contributed by atoms with E-state index in [1.807, 2.05) is 18.3 Å². The largest absolute Gasteiger partial charge is 0.495 e. The number of hydrogen-bond acceptors (Lipinski definition) is 4. The van der Waals surface area contributed by atoms with Crippen LogP contribution in [0.5, 0.6) is 5.75 Å². The van der Waals surface area contributed by atoms with Crippen LogP contribution >= 0.6 is 0 Å². The summed E-state index contributed by atoms with van der Waals surface area (Å²) in [7, 11) is 3.85. The van der Waals surface area contributed by atoms with Gasteiger partial charge in [0, 0.05) is 5.92 Å². The smallest absolute Gasteiger partial charge is 0.161 e. The van der Waals surface area contributed by atoms with Crippen LogP contribution in [0.4, 0.5) is 0 Å². The van der Waals surface area contributed by atoms with E-state index in [-0.39, 0.29) is 0 Å². The van der Waals surface area contributed by atoms with Gasteiger partial charge >= 0.3 is 0 Å². The molecule has 1 aliphatic heterocycles. The van der Waals surface area contributed by atoms with Crippen molar-refractivity contribution in [2.45, 2.75) is 18.8 Å². The molecule has 0 atom stereocenters. The number of fused-ring (bicyclic) bond motifs is 1. The number of aromatic nitrogens is 3. The maximum Gasteiger partial charge on any atom is 0.161 e. The highest BCUT2D eigenvalue weighted by Crippen LogP contribution is 2.27. The van der Waals surface area contributed by atoms with Crippen LogP contribution in [-0.2, 0) is 0 Å². The molecule has 3 heterocycles. The van der Waals surface area contributed by atoms with Crippen molar-refractivity contribution < 1.29 is 4.74 Å². The van der Waals surface area contributed by atoms with Crippen LogP contribution in [0.2, 0.25) is 0 Å². The zero-order valence-electron chi connectivity index (χ0n) is 10.8. The maximum absolute atomic E-state index is 5.27. The van der Waals surface area contributed by atoms with Gasteiger partial charge in [-0.05, 0) is 45.1 Å². The van der Waals surface area contributed by atoms with Crippen molar-refractivity contribution in [2.24, 2.45) is 0 Å². The minimum Gasteiger partial charge on any atom is -0.495 e. The number of rotatable bonds is 2. The summed E-state index contributed by atoms with van der Waals surface area (Å²) in [4.78, 5) is 2.36. The summed E-state index contributed by atoms with van der Waals surface area (Å²) in [5, 5.41) is 8.59. The summed E-state index contributed by atoms with van der Waals surface area (Å²) in [5.41, 5.74) is 0.893. The summed E-state index contributed by atoms with van der Waals surface area (Å²) >= 11 is 0. The Hall–Kier alpha value is -1.62. The Morgan fingerprint density at radius 3 is 2.72 bits per heavy atom. The molecule has 5 nitrogen and oxygen atoms in total. The van der Waals surface area contributed by atoms with E-state index >= 15 is 0 Å². The Morgan fingerprint density at radius 1 is 1.22 bits per heavy atom. The van der Waals surface area contributed by atoms with Crippen molar-refractivity contribution in [1.29, 1.82) is 0 Å². The Kier molecular flexibility index (Phi) is 2.91. The highest BCUT2D eigenvalue weighted by Gasteiger charge is 2.22. The molecular weight excluding hydrogens is 228 g/mol. The van der Waals surface area contributed by atoms with E-state index in [0.717, 1.165) is 43.2 Å². The number of ether oxygens (including phenoxy) is 1. The summed E-state index contributed by atoms with van der Waals surface area (Å²) in [6.07, 6.45) is 4.27. The van der Waals surface area contributed by atoms with Gasteiger partial charge in [-0.1, -0.05) is 0 Å². The number of pyridine rings is 1. The Balaban J connectivity index is 1.96. The number of methoxy groups -OCH3 is 1. The van der Waals surface area contributed by atoms with Gasteiger partial charge in [0.25, 0.3) is 0 Å². The average molecular weight is 246 g/mol. The standard InChI is InChI=1S/C13H18N4O/c1-16-7-5-10(6-8-16)13-15-14-12-4-3-11(18-2)9-17(12)13/h3-4,9-10H,5-8H2,1-2H3. The van der Waals surface area contributed by atoms with Gasteiger partial charge in [0.2, 0.25) is 0 Å². The first-order valence-corrected chi connectivity index (χ1v) is 6.35.